The third-order valence-corrected chi connectivity index (χ3v) is 4.73. The van der Waals surface area contributed by atoms with E-state index in [-0.39, 0.29) is 0 Å². The first-order chi connectivity index (χ1) is 11.2. The van der Waals surface area contributed by atoms with Crippen LogP contribution in [0.5, 0.6) is 0 Å². The van der Waals surface area contributed by atoms with Gasteiger partial charge in [-0.25, -0.2) is 4.79 Å². The Morgan fingerprint density at radius 2 is 2.09 bits per heavy atom. The molecule has 5 nitrogen and oxygen atoms in total. The van der Waals surface area contributed by atoms with E-state index in [0.29, 0.717) is 11.3 Å². The van der Waals surface area contributed by atoms with Crippen LogP contribution in [0.1, 0.15) is 34.3 Å². The zero-order chi connectivity index (χ0) is 15.8. The molecule has 0 amide bonds. The molecule has 1 aliphatic carbocycles. The van der Waals surface area contributed by atoms with E-state index in [9.17, 15) is 9.90 Å². The monoisotopic (exact) mass is 309 g/mol. The number of carboxylic acid groups (broad SMARTS) is 1. The van der Waals surface area contributed by atoms with Crippen LogP contribution >= 0.6 is 0 Å². The average Bonchev–Trinajstić information content (AvgIpc) is 3.38. The van der Waals surface area contributed by atoms with Crippen LogP contribution in [0.4, 0.5) is 0 Å². The Balaban J connectivity index is 1.72. The maximum absolute atomic E-state index is 11.9. The van der Waals surface area contributed by atoms with Crippen molar-refractivity contribution in [1.29, 1.82) is 0 Å². The number of fused-ring (bicyclic) bond motifs is 1. The number of hydrogen-bond donors (Lipinski definition) is 1. The van der Waals surface area contributed by atoms with Crippen LogP contribution in [-0.4, -0.2) is 39.0 Å². The van der Waals surface area contributed by atoms with Crippen LogP contribution in [0, 0.1) is 5.92 Å². The highest BCUT2D eigenvalue weighted by Crippen LogP contribution is 2.33. The summed E-state index contributed by atoms with van der Waals surface area (Å²) < 4.78 is 0. The molecule has 2 aliphatic rings. The summed E-state index contributed by atoms with van der Waals surface area (Å²) in [5, 5.41) is 9.74. The van der Waals surface area contributed by atoms with Gasteiger partial charge in [-0.3, -0.25) is 14.9 Å². The zero-order valence-corrected chi connectivity index (χ0v) is 12.9. The molecule has 2 aromatic heterocycles. The van der Waals surface area contributed by atoms with Gasteiger partial charge in [-0.15, -0.1) is 0 Å². The number of carboxylic acids is 1. The van der Waals surface area contributed by atoms with Crippen LogP contribution in [0.15, 0.2) is 30.7 Å². The van der Waals surface area contributed by atoms with E-state index < -0.39 is 5.97 Å². The highest BCUT2D eigenvalue weighted by atomic mass is 16.4. The molecule has 23 heavy (non-hydrogen) atoms. The topological polar surface area (TPSA) is 66.3 Å². The van der Waals surface area contributed by atoms with Crippen molar-refractivity contribution in [3.05, 3.63) is 47.4 Å². The smallest absolute Gasteiger partial charge is 0.338 e. The average molecular weight is 309 g/mol. The number of aromatic nitrogens is 2. The molecule has 0 radical (unpaired) electrons. The lowest BCUT2D eigenvalue weighted by Gasteiger charge is -2.29. The maximum Gasteiger partial charge on any atom is 0.338 e. The molecule has 0 saturated heterocycles. The molecule has 0 unspecified atom stereocenters. The number of carbonyl (C=O) groups is 1. The summed E-state index contributed by atoms with van der Waals surface area (Å²) in [6.45, 7) is 2.88. The molecular formula is C18H19N3O2. The molecule has 1 aliphatic heterocycles. The van der Waals surface area contributed by atoms with Crippen LogP contribution < -0.4 is 0 Å². The molecule has 3 heterocycles. The van der Waals surface area contributed by atoms with Gasteiger partial charge >= 0.3 is 5.97 Å². The molecule has 2 aromatic rings. The van der Waals surface area contributed by atoms with Crippen molar-refractivity contribution in [3.8, 4) is 11.3 Å². The van der Waals surface area contributed by atoms with Crippen LogP contribution in [0.2, 0.25) is 0 Å². The standard InChI is InChI=1S/C18H19N3O2/c22-18(23)16-15-5-8-21(10-12-1-2-12)11-14(15)9-20-17(16)13-3-6-19-7-4-13/h3-4,6-7,9,12H,1-2,5,8,10-11H2,(H,22,23). The van der Waals surface area contributed by atoms with Gasteiger partial charge in [-0.1, -0.05) is 0 Å². The predicted octanol–water partition coefficient (Wildman–Crippen LogP) is 2.61. The predicted molar refractivity (Wildman–Crippen MR) is 86.1 cm³/mol. The summed E-state index contributed by atoms with van der Waals surface area (Å²) in [7, 11) is 0. The minimum atomic E-state index is -0.892. The number of pyridine rings is 2. The summed E-state index contributed by atoms with van der Waals surface area (Å²) in [6.07, 6.45) is 8.64. The Morgan fingerprint density at radius 3 is 2.78 bits per heavy atom. The summed E-state index contributed by atoms with van der Waals surface area (Å²) in [5.41, 5.74) is 3.73. The summed E-state index contributed by atoms with van der Waals surface area (Å²) >= 11 is 0. The lowest BCUT2D eigenvalue weighted by atomic mass is 9.92. The molecule has 1 fully saturated rings. The lowest BCUT2D eigenvalue weighted by Crippen LogP contribution is -2.33. The number of rotatable bonds is 4. The second kappa shape index (κ2) is 5.74. The van der Waals surface area contributed by atoms with Crippen molar-refractivity contribution in [2.24, 2.45) is 5.92 Å². The van der Waals surface area contributed by atoms with E-state index in [2.05, 4.69) is 14.9 Å². The molecule has 0 spiro atoms. The van der Waals surface area contributed by atoms with Crippen molar-refractivity contribution < 1.29 is 9.90 Å². The minimum absolute atomic E-state index is 0.361. The highest BCUT2D eigenvalue weighted by molar-refractivity contribution is 5.96. The van der Waals surface area contributed by atoms with Crippen molar-refractivity contribution in [2.45, 2.75) is 25.8 Å². The second-order valence-corrected chi connectivity index (χ2v) is 6.46. The molecule has 4 rings (SSSR count). The zero-order valence-electron chi connectivity index (χ0n) is 12.9. The Morgan fingerprint density at radius 1 is 1.30 bits per heavy atom. The van der Waals surface area contributed by atoms with Gasteiger partial charge in [-0.2, -0.15) is 0 Å². The molecule has 0 atom stereocenters. The maximum atomic E-state index is 11.9. The van der Waals surface area contributed by atoms with Gasteiger partial charge in [0.15, 0.2) is 0 Å². The summed E-state index contributed by atoms with van der Waals surface area (Å²) in [5.74, 6) is -0.0450. The normalized spacial score (nSPS) is 17.7. The fourth-order valence-corrected chi connectivity index (χ4v) is 3.38. The number of aromatic carboxylic acids is 1. The molecule has 118 valence electrons. The highest BCUT2D eigenvalue weighted by Gasteiger charge is 2.29. The Kier molecular flexibility index (Phi) is 3.58. The summed E-state index contributed by atoms with van der Waals surface area (Å²) in [4.78, 5) is 22.8. The van der Waals surface area contributed by atoms with E-state index >= 15 is 0 Å². The number of nitrogens with zero attached hydrogens (tertiary/aromatic N) is 3. The van der Waals surface area contributed by atoms with E-state index in [1.165, 1.54) is 12.8 Å². The first-order valence-electron chi connectivity index (χ1n) is 8.09. The SMILES string of the molecule is O=C(O)c1c(-c2ccncc2)ncc2c1CCN(CC1CC1)C2. The van der Waals surface area contributed by atoms with E-state index in [4.69, 9.17) is 0 Å². The largest absolute Gasteiger partial charge is 0.478 e. The van der Waals surface area contributed by atoms with Gasteiger partial charge in [0.1, 0.15) is 0 Å². The van der Waals surface area contributed by atoms with E-state index in [1.807, 2.05) is 18.3 Å². The van der Waals surface area contributed by atoms with Gasteiger partial charge in [-0.05, 0) is 48.4 Å². The summed E-state index contributed by atoms with van der Waals surface area (Å²) in [6, 6.07) is 3.62. The molecule has 1 saturated carbocycles. The van der Waals surface area contributed by atoms with Gasteiger partial charge in [0.25, 0.3) is 0 Å². The Bertz CT molecular complexity index is 741. The first kappa shape index (κ1) is 14.3. The second-order valence-electron chi connectivity index (χ2n) is 6.46. The van der Waals surface area contributed by atoms with Crippen molar-refractivity contribution >= 4 is 5.97 Å². The van der Waals surface area contributed by atoms with Gasteiger partial charge in [0.05, 0.1) is 11.3 Å². The first-order valence-corrected chi connectivity index (χ1v) is 8.09. The number of hydrogen-bond acceptors (Lipinski definition) is 4. The Hall–Kier alpha value is -2.27. The van der Waals surface area contributed by atoms with Gasteiger partial charge in [0.2, 0.25) is 0 Å². The third-order valence-electron chi connectivity index (χ3n) is 4.73. The lowest BCUT2D eigenvalue weighted by molar-refractivity contribution is 0.0695. The molecular weight excluding hydrogens is 290 g/mol. The van der Waals surface area contributed by atoms with E-state index in [0.717, 1.165) is 48.7 Å². The van der Waals surface area contributed by atoms with E-state index in [1.54, 1.807) is 12.4 Å². The molecule has 0 bridgehead atoms. The molecule has 1 N–H and O–H groups in total. The Labute approximate surface area is 135 Å². The minimum Gasteiger partial charge on any atom is -0.478 e. The van der Waals surface area contributed by atoms with Crippen LogP contribution in [-0.2, 0) is 13.0 Å². The van der Waals surface area contributed by atoms with Crippen molar-refractivity contribution in [3.63, 3.8) is 0 Å². The molecule has 0 aromatic carbocycles. The fourth-order valence-electron chi connectivity index (χ4n) is 3.38. The molecule has 5 heteroatoms. The quantitative estimate of drug-likeness (QED) is 0.940. The van der Waals surface area contributed by atoms with Crippen molar-refractivity contribution in [1.82, 2.24) is 14.9 Å². The van der Waals surface area contributed by atoms with Gasteiger partial charge in [0, 0.05) is 43.8 Å². The third kappa shape index (κ3) is 2.84. The van der Waals surface area contributed by atoms with Gasteiger partial charge < -0.3 is 5.11 Å². The van der Waals surface area contributed by atoms with Crippen LogP contribution in [0.3, 0.4) is 0 Å². The van der Waals surface area contributed by atoms with Crippen LogP contribution in [0.25, 0.3) is 11.3 Å². The fraction of sp³-hybridized carbons (Fsp3) is 0.389. The van der Waals surface area contributed by atoms with Crippen molar-refractivity contribution in [2.75, 3.05) is 13.1 Å².